The molecule has 3 atom stereocenters. The molecule has 10 heteroatoms. The number of benzene rings is 2. The second-order valence-corrected chi connectivity index (χ2v) is 8.46. The van der Waals surface area contributed by atoms with Gasteiger partial charge in [0.25, 0.3) is 5.91 Å². The van der Waals surface area contributed by atoms with E-state index in [0.29, 0.717) is 22.2 Å². The highest BCUT2D eigenvalue weighted by molar-refractivity contribution is 5.98. The molecule has 0 aliphatic heterocycles. The standard InChI is InChI=1S/C24H15F4N5O/c1-32(21-13-5-4-12(13)15-6-11(24(26,27)28)2-3-14(15)21)23(34)16-7-19-18(8-17(16)25)31-22(29)20-9-30-10-33(19)20/h2-3,6-10,12-13,21H,1H3,(H2,29,31)/t12-,13+,21-/m1/s1. The molecule has 0 saturated heterocycles. The van der Waals surface area contributed by atoms with E-state index in [2.05, 4.69) is 21.8 Å². The summed E-state index contributed by atoms with van der Waals surface area (Å²) in [4.78, 5) is 23.0. The molecule has 34 heavy (non-hydrogen) atoms. The van der Waals surface area contributed by atoms with Gasteiger partial charge in [-0.15, -0.1) is 0 Å². The van der Waals surface area contributed by atoms with Crippen molar-refractivity contribution in [3.05, 3.63) is 70.9 Å². The zero-order valence-electron chi connectivity index (χ0n) is 17.6. The van der Waals surface area contributed by atoms with E-state index in [1.807, 2.05) is 0 Å². The van der Waals surface area contributed by atoms with Crippen molar-refractivity contribution in [2.45, 2.75) is 18.1 Å². The van der Waals surface area contributed by atoms with Gasteiger partial charge in [0.1, 0.15) is 17.2 Å². The zero-order valence-corrected chi connectivity index (χ0v) is 17.6. The molecule has 2 aliphatic rings. The normalized spacial score (nSPS) is 20.4. The fraction of sp³-hybridized carbons (Fsp3) is 0.208. The molecule has 0 spiro atoms. The molecule has 170 valence electrons. The molecular weight excluding hydrogens is 450 g/mol. The van der Waals surface area contributed by atoms with E-state index in [1.165, 1.54) is 36.6 Å². The number of nitrogens with zero attached hydrogens (tertiary/aromatic N) is 4. The van der Waals surface area contributed by atoms with Crippen LogP contribution in [0.4, 0.5) is 23.4 Å². The van der Waals surface area contributed by atoms with Gasteiger partial charge < -0.3 is 10.6 Å². The number of amides is 1. The van der Waals surface area contributed by atoms with Gasteiger partial charge in [-0.3, -0.25) is 9.20 Å². The number of halogens is 4. The summed E-state index contributed by atoms with van der Waals surface area (Å²) in [5.41, 5.74) is 7.21. The number of nitrogen functional groups attached to an aromatic ring is 1. The Labute approximate surface area is 190 Å². The largest absolute Gasteiger partial charge is 0.416 e. The summed E-state index contributed by atoms with van der Waals surface area (Å²) in [5.74, 6) is 3.91. The lowest BCUT2D eigenvalue weighted by atomic mass is 9.83. The summed E-state index contributed by atoms with van der Waals surface area (Å²) < 4.78 is 56.3. The number of rotatable bonds is 2. The molecule has 2 aromatic carbocycles. The number of nitrogens with two attached hydrogens (primary N) is 1. The van der Waals surface area contributed by atoms with Crippen molar-refractivity contribution in [1.29, 1.82) is 0 Å². The van der Waals surface area contributed by atoms with Crippen molar-refractivity contribution in [2.24, 2.45) is 5.92 Å². The lowest BCUT2D eigenvalue weighted by Crippen LogP contribution is -2.35. The fourth-order valence-corrected chi connectivity index (χ4v) is 4.91. The van der Waals surface area contributed by atoms with Gasteiger partial charge in [-0.2, -0.15) is 13.2 Å². The number of anilines is 1. The van der Waals surface area contributed by atoms with E-state index < -0.39 is 35.4 Å². The van der Waals surface area contributed by atoms with Crippen molar-refractivity contribution in [3.8, 4) is 11.8 Å². The van der Waals surface area contributed by atoms with Crippen LogP contribution in [-0.2, 0) is 6.18 Å². The Kier molecular flexibility index (Phi) is 4.03. The van der Waals surface area contributed by atoms with Gasteiger partial charge in [-0.1, -0.05) is 17.9 Å². The molecule has 6 rings (SSSR count). The Morgan fingerprint density at radius 3 is 2.65 bits per heavy atom. The molecular formula is C24H15F4N5O. The molecule has 1 amide bonds. The maximum atomic E-state index is 15.0. The average molecular weight is 465 g/mol. The van der Waals surface area contributed by atoms with Gasteiger partial charge in [0, 0.05) is 13.1 Å². The van der Waals surface area contributed by atoms with Gasteiger partial charge in [0.05, 0.1) is 52.6 Å². The summed E-state index contributed by atoms with van der Waals surface area (Å²) in [6.07, 6.45) is -1.48. The Morgan fingerprint density at radius 2 is 1.94 bits per heavy atom. The number of hydrogen-bond donors (Lipinski definition) is 1. The van der Waals surface area contributed by atoms with Crippen LogP contribution in [0.2, 0.25) is 0 Å². The van der Waals surface area contributed by atoms with E-state index in [1.54, 1.807) is 4.40 Å². The SMILES string of the molecule is CN(C(=O)c1cc2c(cc1F)nc(N)c1cncn12)[C@H]1c2ccc(C(F)(F)F)cc2[C@@H]2C#C[C@@H]21. The van der Waals surface area contributed by atoms with Crippen molar-refractivity contribution in [2.75, 3.05) is 12.8 Å². The van der Waals surface area contributed by atoms with E-state index in [-0.39, 0.29) is 22.8 Å². The predicted octanol–water partition coefficient (Wildman–Crippen LogP) is 4.17. The number of hydrogen-bond acceptors (Lipinski definition) is 4. The van der Waals surface area contributed by atoms with Crippen LogP contribution >= 0.6 is 0 Å². The van der Waals surface area contributed by atoms with E-state index in [0.717, 1.165) is 18.2 Å². The minimum atomic E-state index is -4.48. The van der Waals surface area contributed by atoms with E-state index >= 15 is 4.39 Å². The first-order valence-electron chi connectivity index (χ1n) is 10.3. The quantitative estimate of drug-likeness (QED) is 0.356. The molecule has 4 aromatic rings. The Bertz CT molecular complexity index is 1600. The van der Waals surface area contributed by atoms with Gasteiger partial charge >= 0.3 is 6.18 Å². The molecule has 0 radical (unpaired) electrons. The lowest BCUT2D eigenvalue weighted by Gasteiger charge is -2.31. The highest BCUT2D eigenvalue weighted by Crippen LogP contribution is 2.52. The Balaban J connectivity index is 1.42. The predicted molar refractivity (Wildman–Crippen MR) is 115 cm³/mol. The van der Waals surface area contributed by atoms with Gasteiger partial charge in [-0.25, -0.2) is 14.4 Å². The van der Waals surface area contributed by atoms with Crippen LogP contribution in [0.1, 0.15) is 39.0 Å². The molecule has 2 N–H and O–H groups in total. The van der Waals surface area contributed by atoms with Crippen LogP contribution in [0.5, 0.6) is 0 Å². The number of fused-ring (bicyclic) bond motifs is 6. The number of carbonyl (C=O) groups is 1. The summed E-state index contributed by atoms with van der Waals surface area (Å²) in [7, 11) is 1.51. The summed E-state index contributed by atoms with van der Waals surface area (Å²) in [6, 6.07) is 5.41. The second kappa shape index (κ2) is 6.70. The summed E-state index contributed by atoms with van der Waals surface area (Å²) in [6.45, 7) is 0. The molecule has 0 saturated carbocycles. The Morgan fingerprint density at radius 1 is 1.15 bits per heavy atom. The summed E-state index contributed by atoms with van der Waals surface area (Å²) >= 11 is 0. The third kappa shape index (κ3) is 2.73. The van der Waals surface area contributed by atoms with Crippen LogP contribution in [0.25, 0.3) is 16.6 Å². The molecule has 2 aromatic heterocycles. The monoisotopic (exact) mass is 465 g/mol. The van der Waals surface area contributed by atoms with Crippen molar-refractivity contribution >= 4 is 28.3 Å². The maximum Gasteiger partial charge on any atom is 0.416 e. The van der Waals surface area contributed by atoms with Crippen LogP contribution < -0.4 is 5.73 Å². The fourth-order valence-electron chi connectivity index (χ4n) is 4.91. The first-order valence-corrected chi connectivity index (χ1v) is 10.3. The number of carbonyl (C=O) groups excluding carboxylic acids is 1. The Hall–Kier alpha value is -4.13. The van der Waals surface area contributed by atoms with Gasteiger partial charge in [0.15, 0.2) is 0 Å². The van der Waals surface area contributed by atoms with Crippen LogP contribution in [0, 0.1) is 23.6 Å². The molecule has 6 nitrogen and oxygen atoms in total. The number of aromatic nitrogens is 3. The number of alkyl halides is 3. The van der Waals surface area contributed by atoms with Crippen molar-refractivity contribution < 1.29 is 22.4 Å². The van der Waals surface area contributed by atoms with Crippen molar-refractivity contribution in [1.82, 2.24) is 19.3 Å². The summed E-state index contributed by atoms with van der Waals surface area (Å²) in [5, 5.41) is 0. The molecule has 0 fully saturated rings. The lowest BCUT2D eigenvalue weighted by molar-refractivity contribution is -0.137. The van der Waals surface area contributed by atoms with Crippen molar-refractivity contribution in [3.63, 3.8) is 0 Å². The van der Waals surface area contributed by atoms with Crippen LogP contribution in [-0.4, -0.2) is 32.2 Å². The third-order valence-electron chi connectivity index (χ3n) is 6.61. The molecule has 2 aliphatic carbocycles. The zero-order chi connectivity index (χ0) is 23.9. The topological polar surface area (TPSA) is 76.5 Å². The minimum Gasteiger partial charge on any atom is -0.382 e. The van der Waals surface area contributed by atoms with Gasteiger partial charge in [-0.05, 0) is 29.3 Å². The molecule has 0 unspecified atom stereocenters. The molecule has 2 heterocycles. The second-order valence-electron chi connectivity index (χ2n) is 8.46. The minimum absolute atomic E-state index is 0.177. The van der Waals surface area contributed by atoms with Crippen LogP contribution in [0.15, 0.2) is 42.9 Å². The average Bonchev–Trinajstić information content (AvgIpc) is 3.33. The molecule has 0 bridgehead atoms. The van der Waals surface area contributed by atoms with Crippen LogP contribution in [0.3, 0.4) is 0 Å². The first-order chi connectivity index (χ1) is 16.1. The third-order valence-corrected chi connectivity index (χ3v) is 6.61. The van der Waals surface area contributed by atoms with E-state index in [4.69, 9.17) is 5.73 Å². The maximum absolute atomic E-state index is 15.0. The highest BCUT2D eigenvalue weighted by Gasteiger charge is 2.47. The smallest absolute Gasteiger partial charge is 0.382 e. The first kappa shape index (κ1) is 20.5. The van der Waals surface area contributed by atoms with E-state index in [9.17, 15) is 18.0 Å². The van der Waals surface area contributed by atoms with Gasteiger partial charge in [0.2, 0.25) is 0 Å². The number of imidazole rings is 1. The highest BCUT2D eigenvalue weighted by atomic mass is 19.4.